The van der Waals surface area contributed by atoms with Crippen LogP contribution < -0.4 is 9.46 Å². The molecule has 0 aliphatic rings. The van der Waals surface area contributed by atoms with Crippen molar-refractivity contribution in [2.24, 2.45) is 0 Å². The van der Waals surface area contributed by atoms with E-state index < -0.39 is 22.1 Å². The first kappa shape index (κ1) is 19.4. The molecular formula is C18H14F3NO3S2. The summed E-state index contributed by atoms with van der Waals surface area (Å²) in [6.07, 6.45) is -4.83. The predicted octanol–water partition coefficient (Wildman–Crippen LogP) is 4.79. The summed E-state index contributed by atoms with van der Waals surface area (Å²) in [4.78, 5) is -0.148. The normalized spacial score (nSPS) is 12.1. The molecule has 0 bridgehead atoms. The van der Waals surface area contributed by atoms with Crippen LogP contribution in [0.2, 0.25) is 0 Å². The highest BCUT2D eigenvalue weighted by Gasteiger charge is 2.31. The highest BCUT2D eigenvalue weighted by Crippen LogP contribution is 2.27. The first-order chi connectivity index (χ1) is 12.7. The molecule has 0 radical (unpaired) electrons. The largest absolute Gasteiger partial charge is 0.573 e. The van der Waals surface area contributed by atoms with Crippen LogP contribution in [0.5, 0.6) is 5.75 Å². The standard InChI is InChI=1S/C18H14F3NO3S2/c19-18(20,21)25-15-5-7-16(8-6-15)27(23,24)22-11-13-3-1-2-4-17(13)14-9-10-26-12-14/h1-10,12,22H,11H2. The summed E-state index contributed by atoms with van der Waals surface area (Å²) >= 11 is 1.54. The first-order valence-electron chi connectivity index (χ1n) is 7.70. The lowest BCUT2D eigenvalue weighted by Crippen LogP contribution is -2.23. The maximum absolute atomic E-state index is 12.4. The second-order valence-electron chi connectivity index (χ2n) is 5.51. The summed E-state index contributed by atoms with van der Waals surface area (Å²) in [5.41, 5.74) is 2.69. The molecule has 1 heterocycles. The quantitative estimate of drug-likeness (QED) is 0.632. The molecule has 27 heavy (non-hydrogen) atoms. The van der Waals surface area contributed by atoms with Gasteiger partial charge in [-0.15, -0.1) is 13.2 Å². The summed E-state index contributed by atoms with van der Waals surface area (Å²) < 4.78 is 67.6. The van der Waals surface area contributed by atoms with Crippen LogP contribution in [-0.2, 0) is 16.6 Å². The minimum absolute atomic E-state index is 0.0507. The summed E-state index contributed by atoms with van der Waals surface area (Å²) in [7, 11) is -3.89. The Hall–Kier alpha value is -2.36. The third-order valence-corrected chi connectivity index (χ3v) is 5.77. The number of thiophene rings is 1. The van der Waals surface area contributed by atoms with E-state index in [0.29, 0.717) is 0 Å². The Balaban J connectivity index is 1.75. The number of halogens is 3. The minimum atomic E-state index is -4.83. The van der Waals surface area contributed by atoms with Gasteiger partial charge in [-0.05, 0) is 57.8 Å². The van der Waals surface area contributed by atoms with Gasteiger partial charge in [0.1, 0.15) is 5.75 Å². The van der Waals surface area contributed by atoms with Crippen LogP contribution in [0, 0.1) is 0 Å². The lowest BCUT2D eigenvalue weighted by molar-refractivity contribution is -0.274. The number of hydrogen-bond acceptors (Lipinski definition) is 4. The molecule has 0 atom stereocenters. The molecule has 1 N–H and O–H groups in total. The van der Waals surface area contributed by atoms with E-state index >= 15 is 0 Å². The topological polar surface area (TPSA) is 55.4 Å². The molecule has 3 rings (SSSR count). The van der Waals surface area contributed by atoms with E-state index in [1.165, 1.54) is 11.3 Å². The lowest BCUT2D eigenvalue weighted by Gasteiger charge is -2.12. The first-order valence-corrected chi connectivity index (χ1v) is 10.1. The van der Waals surface area contributed by atoms with Crippen LogP contribution in [0.3, 0.4) is 0 Å². The Labute approximate surface area is 158 Å². The number of sulfonamides is 1. The third kappa shape index (κ3) is 5.09. The number of rotatable bonds is 6. The molecular weight excluding hydrogens is 399 g/mol. The molecule has 9 heteroatoms. The maximum atomic E-state index is 12.4. The van der Waals surface area contributed by atoms with Gasteiger partial charge in [0.15, 0.2) is 0 Å². The molecule has 0 aliphatic heterocycles. The lowest BCUT2D eigenvalue weighted by atomic mass is 10.0. The van der Waals surface area contributed by atoms with Gasteiger partial charge >= 0.3 is 6.36 Å². The van der Waals surface area contributed by atoms with Gasteiger partial charge in [0, 0.05) is 6.54 Å². The fraction of sp³-hybridized carbons (Fsp3) is 0.111. The van der Waals surface area contributed by atoms with E-state index in [1.807, 2.05) is 41.1 Å². The summed E-state index contributed by atoms with van der Waals surface area (Å²) in [6.45, 7) is 0.0507. The predicted molar refractivity (Wildman–Crippen MR) is 96.9 cm³/mol. The van der Waals surface area contributed by atoms with Gasteiger partial charge in [0.05, 0.1) is 4.90 Å². The second-order valence-corrected chi connectivity index (χ2v) is 8.06. The van der Waals surface area contributed by atoms with Crippen molar-refractivity contribution in [3.05, 3.63) is 70.9 Å². The van der Waals surface area contributed by atoms with Gasteiger partial charge < -0.3 is 4.74 Å². The van der Waals surface area contributed by atoms with E-state index in [9.17, 15) is 21.6 Å². The Kier molecular flexibility index (Phi) is 5.54. The van der Waals surface area contributed by atoms with E-state index in [4.69, 9.17) is 0 Å². The van der Waals surface area contributed by atoms with Crippen molar-refractivity contribution < 1.29 is 26.3 Å². The molecule has 0 amide bonds. The molecule has 1 aromatic heterocycles. The van der Waals surface area contributed by atoms with Gasteiger partial charge in [-0.2, -0.15) is 11.3 Å². The fourth-order valence-corrected chi connectivity index (χ4v) is 4.11. The number of benzene rings is 2. The molecule has 0 aliphatic carbocycles. The summed E-state index contributed by atoms with van der Waals surface area (Å²) in [5.74, 6) is -0.482. The Morgan fingerprint density at radius 2 is 1.70 bits per heavy atom. The SMILES string of the molecule is O=S(=O)(NCc1ccccc1-c1ccsc1)c1ccc(OC(F)(F)F)cc1. The molecule has 0 unspecified atom stereocenters. The smallest absolute Gasteiger partial charge is 0.406 e. The fourth-order valence-electron chi connectivity index (χ4n) is 2.45. The zero-order valence-corrected chi connectivity index (χ0v) is 15.4. The molecule has 3 aromatic rings. The number of ether oxygens (including phenoxy) is 1. The average Bonchev–Trinajstić information content (AvgIpc) is 3.14. The van der Waals surface area contributed by atoms with Gasteiger partial charge in [-0.1, -0.05) is 24.3 Å². The van der Waals surface area contributed by atoms with Crippen molar-refractivity contribution >= 4 is 21.4 Å². The van der Waals surface area contributed by atoms with E-state index in [1.54, 1.807) is 0 Å². The van der Waals surface area contributed by atoms with Crippen LogP contribution in [0.15, 0.2) is 70.3 Å². The number of alkyl halides is 3. The van der Waals surface area contributed by atoms with Crippen LogP contribution in [0.1, 0.15) is 5.56 Å². The van der Waals surface area contributed by atoms with E-state index in [0.717, 1.165) is 41.0 Å². The minimum Gasteiger partial charge on any atom is -0.406 e. The third-order valence-electron chi connectivity index (χ3n) is 3.67. The second kappa shape index (κ2) is 7.71. The molecule has 2 aromatic carbocycles. The monoisotopic (exact) mass is 413 g/mol. The highest BCUT2D eigenvalue weighted by molar-refractivity contribution is 7.89. The Bertz CT molecular complexity index is 999. The molecule has 0 fully saturated rings. The maximum Gasteiger partial charge on any atom is 0.573 e. The van der Waals surface area contributed by atoms with Gasteiger partial charge in [-0.25, -0.2) is 13.1 Å². The van der Waals surface area contributed by atoms with E-state index in [2.05, 4.69) is 9.46 Å². The van der Waals surface area contributed by atoms with Crippen molar-refractivity contribution in [2.75, 3.05) is 0 Å². The Morgan fingerprint density at radius 1 is 1.00 bits per heavy atom. The zero-order valence-electron chi connectivity index (χ0n) is 13.7. The van der Waals surface area contributed by atoms with Crippen LogP contribution in [0.4, 0.5) is 13.2 Å². The summed E-state index contributed by atoms with van der Waals surface area (Å²) in [6, 6.07) is 13.4. The van der Waals surface area contributed by atoms with Crippen LogP contribution in [0.25, 0.3) is 11.1 Å². The van der Waals surface area contributed by atoms with Gasteiger partial charge in [-0.3, -0.25) is 0 Å². The number of hydrogen-bond donors (Lipinski definition) is 1. The molecule has 0 spiro atoms. The average molecular weight is 413 g/mol. The Morgan fingerprint density at radius 3 is 2.33 bits per heavy atom. The van der Waals surface area contributed by atoms with Gasteiger partial charge in [0.25, 0.3) is 0 Å². The van der Waals surface area contributed by atoms with Crippen molar-refractivity contribution in [2.45, 2.75) is 17.8 Å². The van der Waals surface area contributed by atoms with Crippen LogP contribution >= 0.6 is 11.3 Å². The van der Waals surface area contributed by atoms with Crippen molar-refractivity contribution in [1.82, 2.24) is 4.72 Å². The summed E-state index contributed by atoms with van der Waals surface area (Å²) in [5, 5.41) is 3.90. The van der Waals surface area contributed by atoms with Crippen molar-refractivity contribution in [1.29, 1.82) is 0 Å². The van der Waals surface area contributed by atoms with Gasteiger partial charge in [0.2, 0.25) is 10.0 Å². The van der Waals surface area contributed by atoms with Crippen LogP contribution in [-0.4, -0.2) is 14.8 Å². The molecule has 142 valence electrons. The molecule has 0 saturated carbocycles. The molecule has 0 saturated heterocycles. The number of nitrogens with one attached hydrogen (secondary N) is 1. The van der Waals surface area contributed by atoms with E-state index in [-0.39, 0.29) is 11.4 Å². The highest BCUT2D eigenvalue weighted by atomic mass is 32.2. The van der Waals surface area contributed by atoms with Crippen molar-refractivity contribution in [3.63, 3.8) is 0 Å². The van der Waals surface area contributed by atoms with Crippen molar-refractivity contribution in [3.8, 4) is 16.9 Å². The zero-order chi connectivity index (χ0) is 19.5. The molecule has 4 nitrogen and oxygen atoms in total.